The molecule has 4 nitrogen and oxygen atoms in total. The highest BCUT2D eigenvalue weighted by Crippen LogP contribution is 2.29. The van der Waals surface area contributed by atoms with Gasteiger partial charge < -0.3 is 15.2 Å². The Bertz CT molecular complexity index is 386. The summed E-state index contributed by atoms with van der Waals surface area (Å²) < 4.78 is 5.19. The lowest BCUT2D eigenvalue weighted by molar-refractivity contribution is 0.0452. The smallest absolute Gasteiger partial charge is 0.118 e. The van der Waals surface area contributed by atoms with Crippen molar-refractivity contribution in [1.29, 1.82) is 0 Å². The van der Waals surface area contributed by atoms with Crippen LogP contribution in [0, 0.1) is 0 Å². The molecule has 1 heterocycles. The average Bonchev–Trinajstić information content (AvgIpc) is 2.76. The highest BCUT2D eigenvalue weighted by Gasteiger charge is 2.33. The molecule has 0 aromatic heterocycles. The van der Waals surface area contributed by atoms with Crippen molar-refractivity contribution in [2.24, 2.45) is 0 Å². The summed E-state index contributed by atoms with van der Waals surface area (Å²) in [6.45, 7) is 6.24. The van der Waals surface area contributed by atoms with Crippen molar-refractivity contribution in [3.63, 3.8) is 0 Å². The van der Waals surface area contributed by atoms with E-state index in [1.165, 1.54) is 0 Å². The van der Waals surface area contributed by atoms with E-state index in [0.29, 0.717) is 0 Å². The van der Waals surface area contributed by atoms with Gasteiger partial charge in [0.15, 0.2) is 0 Å². The standard InChI is InChI=1S/C15H24N2O2/c1-15(12-18,17-10-3-8-16-9-11-17)13-4-6-14(19-2)7-5-13/h4-7,16,18H,3,8-12H2,1-2H3. The highest BCUT2D eigenvalue weighted by molar-refractivity contribution is 5.31. The van der Waals surface area contributed by atoms with Gasteiger partial charge >= 0.3 is 0 Å². The van der Waals surface area contributed by atoms with Crippen LogP contribution >= 0.6 is 0 Å². The fourth-order valence-corrected chi connectivity index (χ4v) is 2.66. The molecule has 4 heteroatoms. The first-order valence-corrected chi connectivity index (χ1v) is 6.92. The zero-order chi connectivity index (χ0) is 13.7. The fraction of sp³-hybridized carbons (Fsp3) is 0.600. The number of hydrogen-bond donors (Lipinski definition) is 2. The van der Waals surface area contributed by atoms with Gasteiger partial charge in [0.1, 0.15) is 5.75 Å². The number of benzene rings is 1. The molecule has 0 aliphatic carbocycles. The maximum Gasteiger partial charge on any atom is 0.118 e. The summed E-state index contributed by atoms with van der Waals surface area (Å²) in [6.07, 6.45) is 1.12. The number of aliphatic hydroxyl groups excluding tert-OH is 1. The Kier molecular flexibility index (Phi) is 4.80. The van der Waals surface area contributed by atoms with Crippen molar-refractivity contribution >= 4 is 0 Å². The molecule has 19 heavy (non-hydrogen) atoms. The van der Waals surface area contributed by atoms with Gasteiger partial charge in [0.05, 0.1) is 19.3 Å². The van der Waals surface area contributed by atoms with Crippen LogP contribution in [0.4, 0.5) is 0 Å². The van der Waals surface area contributed by atoms with Crippen LogP contribution in [0.5, 0.6) is 5.75 Å². The second kappa shape index (κ2) is 6.37. The molecule has 0 spiro atoms. The molecular weight excluding hydrogens is 240 g/mol. The second-order valence-corrected chi connectivity index (χ2v) is 5.25. The first-order valence-electron chi connectivity index (χ1n) is 6.92. The lowest BCUT2D eigenvalue weighted by Gasteiger charge is -2.40. The van der Waals surface area contributed by atoms with Crippen LogP contribution in [0.25, 0.3) is 0 Å². The Morgan fingerprint density at radius 3 is 2.63 bits per heavy atom. The summed E-state index contributed by atoms with van der Waals surface area (Å²) in [6, 6.07) is 8.01. The van der Waals surface area contributed by atoms with Gasteiger partial charge in [-0.3, -0.25) is 4.90 Å². The van der Waals surface area contributed by atoms with Gasteiger partial charge in [0, 0.05) is 19.6 Å². The third-order valence-corrected chi connectivity index (χ3v) is 4.06. The Morgan fingerprint density at radius 1 is 1.26 bits per heavy atom. The van der Waals surface area contributed by atoms with Gasteiger partial charge in [-0.05, 0) is 37.6 Å². The first-order chi connectivity index (χ1) is 9.20. The fourth-order valence-electron chi connectivity index (χ4n) is 2.66. The number of nitrogens with zero attached hydrogens (tertiary/aromatic N) is 1. The molecule has 0 amide bonds. The molecule has 1 aromatic carbocycles. The predicted molar refractivity (Wildman–Crippen MR) is 76.5 cm³/mol. The minimum atomic E-state index is -0.321. The zero-order valence-electron chi connectivity index (χ0n) is 11.9. The van der Waals surface area contributed by atoms with E-state index in [4.69, 9.17) is 4.74 Å². The van der Waals surface area contributed by atoms with Gasteiger partial charge in [-0.25, -0.2) is 0 Å². The molecule has 2 rings (SSSR count). The van der Waals surface area contributed by atoms with Crippen LogP contribution in [0.15, 0.2) is 24.3 Å². The van der Waals surface area contributed by atoms with Crippen molar-refractivity contribution in [2.75, 3.05) is 39.9 Å². The molecule has 1 saturated heterocycles. The summed E-state index contributed by atoms with van der Waals surface area (Å²) >= 11 is 0. The van der Waals surface area contributed by atoms with E-state index in [-0.39, 0.29) is 12.1 Å². The molecule has 0 bridgehead atoms. The van der Waals surface area contributed by atoms with Crippen molar-refractivity contribution in [2.45, 2.75) is 18.9 Å². The number of nitrogens with one attached hydrogen (secondary N) is 1. The molecule has 1 atom stereocenters. The monoisotopic (exact) mass is 264 g/mol. The quantitative estimate of drug-likeness (QED) is 0.858. The molecular formula is C15H24N2O2. The molecule has 1 aliphatic heterocycles. The summed E-state index contributed by atoms with van der Waals surface area (Å²) in [5.74, 6) is 0.849. The van der Waals surface area contributed by atoms with Gasteiger partial charge in [0.25, 0.3) is 0 Å². The van der Waals surface area contributed by atoms with E-state index in [2.05, 4.69) is 17.1 Å². The lowest BCUT2D eigenvalue weighted by atomic mass is 9.90. The zero-order valence-corrected chi connectivity index (χ0v) is 11.9. The molecule has 1 unspecified atom stereocenters. The highest BCUT2D eigenvalue weighted by atomic mass is 16.5. The Labute approximate surface area is 115 Å². The number of aliphatic hydroxyl groups is 1. The number of ether oxygens (including phenoxy) is 1. The molecule has 1 aliphatic rings. The van der Waals surface area contributed by atoms with E-state index in [1.807, 2.05) is 24.3 Å². The second-order valence-electron chi connectivity index (χ2n) is 5.25. The topological polar surface area (TPSA) is 44.7 Å². The Morgan fingerprint density at radius 2 is 2.00 bits per heavy atom. The SMILES string of the molecule is COc1ccc(C(C)(CO)N2CCCNCC2)cc1. The van der Waals surface area contributed by atoms with Crippen LogP contribution in [-0.2, 0) is 5.54 Å². The normalized spacial score (nSPS) is 20.6. The molecule has 1 fully saturated rings. The van der Waals surface area contributed by atoms with Gasteiger partial charge in [-0.1, -0.05) is 12.1 Å². The maximum absolute atomic E-state index is 9.92. The number of rotatable bonds is 4. The molecule has 2 N–H and O–H groups in total. The Hall–Kier alpha value is -1.10. The van der Waals surface area contributed by atoms with Crippen molar-refractivity contribution in [1.82, 2.24) is 10.2 Å². The van der Waals surface area contributed by atoms with E-state index in [0.717, 1.165) is 43.9 Å². The minimum Gasteiger partial charge on any atom is -0.497 e. The van der Waals surface area contributed by atoms with Crippen molar-refractivity contribution < 1.29 is 9.84 Å². The summed E-state index contributed by atoms with van der Waals surface area (Å²) in [5.41, 5.74) is 0.816. The average molecular weight is 264 g/mol. The first kappa shape index (κ1) is 14.3. The number of hydrogen-bond acceptors (Lipinski definition) is 4. The van der Waals surface area contributed by atoms with Crippen LogP contribution in [0.2, 0.25) is 0 Å². The largest absolute Gasteiger partial charge is 0.497 e. The van der Waals surface area contributed by atoms with Gasteiger partial charge in [-0.2, -0.15) is 0 Å². The van der Waals surface area contributed by atoms with E-state index >= 15 is 0 Å². The van der Waals surface area contributed by atoms with Gasteiger partial charge in [-0.15, -0.1) is 0 Å². The maximum atomic E-state index is 9.92. The third-order valence-electron chi connectivity index (χ3n) is 4.06. The van der Waals surface area contributed by atoms with Gasteiger partial charge in [0.2, 0.25) is 0 Å². The molecule has 1 aromatic rings. The Balaban J connectivity index is 2.23. The molecule has 106 valence electrons. The van der Waals surface area contributed by atoms with E-state index in [9.17, 15) is 5.11 Å². The lowest BCUT2D eigenvalue weighted by Crippen LogP contribution is -2.48. The summed E-state index contributed by atoms with van der Waals surface area (Å²) in [5, 5.41) is 13.3. The van der Waals surface area contributed by atoms with E-state index < -0.39 is 0 Å². The third kappa shape index (κ3) is 3.08. The molecule has 0 saturated carbocycles. The van der Waals surface area contributed by atoms with Crippen LogP contribution < -0.4 is 10.1 Å². The summed E-state index contributed by atoms with van der Waals surface area (Å²) in [7, 11) is 1.67. The summed E-state index contributed by atoms with van der Waals surface area (Å²) in [4.78, 5) is 2.37. The predicted octanol–water partition coefficient (Wildman–Crippen LogP) is 1.20. The minimum absolute atomic E-state index is 0.124. The van der Waals surface area contributed by atoms with Crippen molar-refractivity contribution in [3.8, 4) is 5.75 Å². The van der Waals surface area contributed by atoms with Crippen molar-refractivity contribution in [3.05, 3.63) is 29.8 Å². The van der Waals surface area contributed by atoms with Crippen LogP contribution in [0.3, 0.4) is 0 Å². The molecule has 0 radical (unpaired) electrons. The van der Waals surface area contributed by atoms with E-state index in [1.54, 1.807) is 7.11 Å². The number of methoxy groups -OCH3 is 1. The van der Waals surface area contributed by atoms with Crippen LogP contribution in [-0.4, -0.2) is 49.9 Å². The van der Waals surface area contributed by atoms with Crippen LogP contribution in [0.1, 0.15) is 18.9 Å².